The minimum Gasteiger partial charge on any atom is -0.467 e. The van der Waals surface area contributed by atoms with Gasteiger partial charge in [-0.2, -0.15) is 0 Å². The molecule has 2 atom stereocenters. The molecular weight excluding hydrogens is 356 g/mol. The molecule has 28 heavy (non-hydrogen) atoms. The second-order valence-electron chi connectivity index (χ2n) is 7.42. The van der Waals surface area contributed by atoms with Crippen LogP contribution in [0.4, 0.5) is 5.69 Å². The van der Waals surface area contributed by atoms with Gasteiger partial charge in [0.25, 0.3) is 5.91 Å². The van der Waals surface area contributed by atoms with E-state index in [0.29, 0.717) is 42.2 Å². The zero-order valence-corrected chi connectivity index (χ0v) is 16.6. The van der Waals surface area contributed by atoms with Crippen LogP contribution in [0.15, 0.2) is 47.1 Å². The fourth-order valence-corrected chi connectivity index (χ4v) is 3.43. The summed E-state index contributed by atoms with van der Waals surface area (Å²) >= 11 is 0. The van der Waals surface area contributed by atoms with E-state index in [1.54, 1.807) is 42.7 Å². The molecule has 1 aliphatic rings. The fourth-order valence-electron chi connectivity index (χ4n) is 3.43. The van der Waals surface area contributed by atoms with E-state index < -0.39 is 0 Å². The largest absolute Gasteiger partial charge is 0.467 e. The van der Waals surface area contributed by atoms with Crippen molar-refractivity contribution in [3.63, 3.8) is 0 Å². The molecule has 0 bridgehead atoms. The van der Waals surface area contributed by atoms with Crippen molar-refractivity contribution >= 4 is 17.5 Å². The van der Waals surface area contributed by atoms with Gasteiger partial charge < -0.3 is 20.0 Å². The molecule has 3 rings (SSSR count). The van der Waals surface area contributed by atoms with E-state index in [-0.39, 0.29) is 11.8 Å². The lowest BCUT2D eigenvalue weighted by atomic mass is 10.1. The lowest BCUT2D eigenvalue weighted by Gasteiger charge is -2.42. The Kier molecular flexibility index (Phi) is 6.49. The third-order valence-electron chi connectivity index (χ3n) is 5.22. The molecule has 2 aromatic rings. The van der Waals surface area contributed by atoms with Crippen molar-refractivity contribution < 1.29 is 14.0 Å². The Morgan fingerprint density at radius 3 is 2.64 bits per heavy atom. The molecule has 0 saturated carbocycles. The van der Waals surface area contributed by atoms with E-state index in [0.717, 1.165) is 13.1 Å². The van der Waals surface area contributed by atoms with Crippen molar-refractivity contribution in [1.29, 1.82) is 0 Å². The number of rotatable bonds is 6. The van der Waals surface area contributed by atoms with Crippen LogP contribution in [-0.4, -0.2) is 60.4 Å². The molecule has 0 radical (unpaired) electrons. The van der Waals surface area contributed by atoms with Crippen LogP contribution in [0.5, 0.6) is 0 Å². The van der Waals surface area contributed by atoms with Gasteiger partial charge in [0, 0.05) is 25.2 Å². The van der Waals surface area contributed by atoms with Gasteiger partial charge in [-0.25, -0.2) is 0 Å². The molecular formula is C21H28N4O3. The minimum absolute atomic E-state index is 0.116. The van der Waals surface area contributed by atoms with Crippen LogP contribution in [0.1, 0.15) is 30.0 Å². The Hall–Kier alpha value is -2.64. The number of anilines is 1. The molecule has 2 heterocycles. The summed E-state index contributed by atoms with van der Waals surface area (Å²) in [6.07, 6.45) is 1.57. The lowest BCUT2D eigenvalue weighted by Crippen LogP contribution is -2.56. The maximum atomic E-state index is 12.6. The molecule has 150 valence electrons. The van der Waals surface area contributed by atoms with Crippen LogP contribution in [0.25, 0.3) is 0 Å². The van der Waals surface area contributed by atoms with Crippen molar-refractivity contribution in [2.24, 2.45) is 0 Å². The maximum absolute atomic E-state index is 12.6. The third-order valence-corrected chi connectivity index (χ3v) is 5.22. The van der Waals surface area contributed by atoms with Crippen LogP contribution in [-0.2, 0) is 11.3 Å². The summed E-state index contributed by atoms with van der Waals surface area (Å²) in [6, 6.07) is 11.3. The van der Waals surface area contributed by atoms with Crippen molar-refractivity contribution in [3.05, 3.63) is 54.0 Å². The molecule has 7 nitrogen and oxygen atoms in total. The standard InChI is InChI=1S/C21H28N4O3/c1-15-13-25(16(2)12-24(15)3)14-20(26)23-19-9-5-4-8-18(19)21(27)22-11-17-7-6-10-28-17/h4-10,15-16H,11-14H2,1-3H3,(H,22,27)(H,23,26)/t15-,16-/m1/s1. The van der Waals surface area contributed by atoms with Crippen LogP contribution < -0.4 is 10.6 Å². The van der Waals surface area contributed by atoms with Crippen LogP contribution in [0.2, 0.25) is 0 Å². The number of hydrogen-bond acceptors (Lipinski definition) is 5. The van der Waals surface area contributed by atoms with Gasteiger partial charge in [0.2, 0.25) is 5.91 Å². The van der Waals surface area contributed by atoms with E-state index in [4.69, 9.17) is 4.42 Å². The third kappa shape index (κ3) is 4.99. The Bertz CT molecular complexity index is 806. The number of carbonyl (C=O) groups is 2. The van der Waals surface area contributed by atoms with Gasteiger partial charge in [0.05, 0.1) is 30.6 Å². The average molecular weight is 384 g/mol. The van der Waals surface area contributed by atoms with Crippen LogP contribution in [0.3, 0.4) is 0 Å². The first-order valence-corrected chi connectivity index (χ1v) is 9.57. The smallest absolute Gasteiger partial charge is 0.253 e. The molecule has 1 fully saturated rings. The SMILES string of the molecule is C[C@@H]1CN(CC(=O)Nc2ccccc2C(=O)NCc2ccco2)[C@H](C)CN1C. The molecule has 1 aliphatic heterocycles. The molecule has 1 aromatic heterocycles. The fraction of sp³-hybridized carbons (Fsp3) is 0.429. The summed E-state index contributed by atoms with van der Waals surface area (Å²) in [7, 11) is 2.11. The van der Waals surface area contributed by atoms with E-state index in [1.807, 2.05) is 0 Å². The maximum Gasteiger partial charge on any atom is 0.253 e. The Morgan fingerprint density at radius 2 is 1.89 bits per heavy atom. The molecule has 2 amide bonds. The number of nitrogens with zero attached hydrogens (tertiary/aromatic N) is 2. The predicted octanol–water partition coefficient (Wildman–Crippen LogP) is 2.17. The monoisotopic (exact) mass is 384 g/mol. The summed E-state index contributed by atoms with van der Waals surface area (Å²) in [6.45, 7) is 6.67. The lowest BCUT2D eigenvalue weighted by molar-refractivity contribution is -0.118. The zero-order valence-electron chi connectivity index (χ0n) is 16.6. The molecule has 1 saturated heterocycles. The predicted molar refractivity (Wildman–Crippen MR) is 108 cm³/mol. The van der Waals surface area contributed by atoms with Gasteiger partial charge in [-0.05, 0) is 45.2 Å². The highest BCUT2D eigenvalue weighted by molar-refractivity contribution is 6.04. The second-order valence-corrected chi connectivity index (χ2v) is 7.42. The van der Waals surface area contributed by atoms with Gasteiger partial charge in [-0.3, -0.25) is 14.5 Å². The molecule has 0 aliphatic carbocycles. The highest BCUT2D eigenvalue weighted by Gasteiger charge is 2.28. The van der Waals surface area contributed by atoms with E-state index in [2.05, 4.69) is 41.3 Å². The second kappa shape index (κ2) is 9.03. The molecule has 0 unspecified atom stereocenters. The first-order chi connectivity index (χ1) is 13.4. The van der Waals surface area contributed by atoms with Gasteiger partial charge in [0.1, 0.15) is 5.76 Å². The summed E-state index contributed by atoms with van der Waals surface area (Å²) in [4.78, 5) is 29.6. The van der Waals surface area contributed by atoms with E-state index in [1.165, 1.54) is 0 Å². The summed E-state index contributed by atoms with van der Waals surface area (Å²) < 4.78 is 5.23. The molecule has 2 N–H and O–H groups in total. The summed E-state index contributed by atoms with van der Waals surface area (Å²) in [5.41, 5.74) is 0.946. The van der Waals surface area contributed by atoms with Crippen LogP contribution in [0, 0.1) is 0 Å². The molecule has 0 spiro atoms. The number of para-hydroxylation sites is 1. The number of likely N-dealkylation sites (N-methyl/N-ethyl adjacent to an activating group) is 1. The van der Waals surface area contributed by atoms with Crippen molar-refractivity contribution in [3.8, 4) is 0 Å². The minimum atomic E-state index is -0.256. The topological polar surface area (TPSA) is 77.8 Å². The Labute approximate surface area is 165 Å². The zero-order chi connectivity index (χ0) is 20.1. The number of amides is 2. The highest BCUT2D eigenvalue weighted by Crippen LogP contribution is 2.17. The Balaban J connectivity index is 1.61. The average Bonchev–Trinajstić information content (AvgIpc) is 3.18. The number of piperazine rings is 1. The number of nitrogens with one attached hydrogen (secondary N) is 2. The number of furan rings is 1. The highest BCUT2D eigenvalue weighted by atomic mass is 16.3. The van der Waals surface area contributed by atoms with Crippen molar-refractivity contribution in [2.75, 3.05) is 32.0 Å². The Morgan fingerprint density at radius 1 is 1.11 bits per heavy atom. The van der Waals surface area contributed by atoms with E-state index in [9.17, 15) is 9.59 Å². The molecule has 1 aromatic carbocycles. The van der Waals surface area contributed by atoms with Gasteiger partial charge in [0.15, 0.2) is 0 Å². The summed E-state index contributed by atoms with van der Waals surface area (Å²) in [5, 5.41) is 5.71. The van der Waals surface area contributed by atoms with Crippen molar-refractivity contribution in [1.82, 2.24) is 15.1 Å². The normalized spacial score (nSPS) is 20.7. The van der Waals surface area contributed by atoms with E-state index >= 15 is 0 Å². The quantitative estimate of drug-likeness (QED) is 0.798. The number of carbonyl (C=O) groups excluding carboxylic acids is 2. The first kappa shape index (κ1) is 20.1. The molecule has 7 heteroatoms. The van der Waals surface area contributed by atoms with Gasteiger partial charge in [-0.1, -0.05) is 12.1 Å². The van der Waals surface area contributed by atoms with Crippen molar-refractivity contribution in [2.45, 2.75) is 32.5 Å². The van der Waals surface area contributed by atoms with Gasteiger partial charge >= 0.3 is 0 Å². The van der Waals surface area contributed by atoms with Crippen LogP contribution >= 0.6 is 0 Å². The summed E-state index contributed by atoms with van der Waals surface area (Å²) in [5.74, 6) is 0.303. The first-order valence-electron chi connectivity index (χ1n) is 9.57. The number of hydrogen-bond donors (Lipinski definition) is 2. The van der Waals surface area contributed by atoms with Gasteiger partial charge in [-0.15, -0.1) is 0 Å². The number of benzene rings is 1.